The average Bonchev–Trinajstić information content (AvgIpc) is 2.56. The number of hydrogen-bond donors (Lipinski definition) is 2. The molecule has 0 aliphatic carbocycles. The van der Waals surface area contributed by atoms with E-state index in [0.29, 0.717) is 11.3 Å². The number of aromatic carboxylic acids is 1. The van der Waals surface area contributed by atoms with E-state index >= 15 is 0 Å². The second kappa shape index (κ2) is 7.92. The molecule has 0 fully saturated rings. The molecule has 6 nitrogen and oxygen atoms in total. The van der Waals surface area contributed by atoms with Crippen LogP contribution in [0.1, 0.15) is 27.0 Å². The summed E-state index contributed by atoms with van der Waals surface area (Å²) >= 11 is 0. The molecule has 0 saturated carbocycles. The van der Waals surface area contributed by atoms with Crippen LogP contribution in [0.3, 0.4) is 0 Å². The number of nitrogens with one attached hydrogen (secondary N) is 1. The molecule has 2 aromatic rings. The van der Waals surface area contributed by atoms with E-state index in [2.05, 4.69) is 10.5 Å². The van der Waals surface area contributed by atoms with Crippen LogP contribution in [0.5, 0.6) is 5.75 Å². The Morgan fingerprint density at radius 3 is 2.71 bits per heavy atom. The first-order valence-corrected chi connectivity index (χ1v) is 7.31. The molecule has 0 atom stereocenters. The number of amides is 1. The summed E-state index contributed by atoms with van der Waals surface area (Å²) in [6.07, 6.45) is 1.29. The van der Waals surface area contributed by atoms with Crippen LogP contribution in [-0.4, -0.2) is 29.8 Å². The molecule has 2 rings (SSSR count). The van der Waals surface area contributed by atoms with Gasteiger partial charge in [0.2, 0.25) is 0 Å². The molecule has 0 spiro atoms. The maximum absolute atomic E-state index is 11.8. The van der Waals surface area contributed by atoms with Gasteiger partial charge in [-0.25, -0.2) is 10.2 Å². The average molecular weight is 326 g/mol. The number of hydrazone groups is 1. The molecule has 6 heteroatoms. The van der Waals surface area contributed by atoms with Crippen LogP contribution >= 0.6 is 0 Å². The van der Waals surface area contributed by atoms with Crippen molar-refractivity contribution in [2.75, 3.05) is 6.61 Å². The zero-order valence-corrected chi connectivity index (χ0v) is 13.4. The lowest BCUT2D eigenvalue weighted by molar-refractivity contribution is -0.123. The number of carbonyl (C=O) groups is 2. The van der Waals surface area contributed by atoms with Gasteiger partial charge in [0, 0.05) is 5.56 Å². The number of carboxylic acids is 1. The highest BCUT2D eigenvalue weighted by molar-refractivity contribution is 5.98. The quantitative estimate of drug-likeness (QED) is 0.631. The molecule has 0 aliphatic rings. The maximum Gasteiger partial charge on any atom is 0.336 e. The number of nitrogens with zero attached hydrogens (tertiary/aromatic N) is 1. The Kier molecular flexibility index (Phi) is 5.68. The minimum absolute atomic E-state index is 0.113. The Bertz CT molecular complexity index is 784. The standard InChI is InChI=1S/C18H18N2O4/c1-12-7-8-13(2)16(9-12)24-11-17(21)20-19-10-14-5-3-4-6-15(14)18(22)23/h3-10H,11H2,1-2H3,(H,20,21)(H,22,23)/b19-10-. The molecule has 0 bridgehead atoms. The lowest BCUT2D eigenvalue weighted by atomic mass is 10.1. The number of carbonyl (C=O) groups excluding carboxylic acids is 1. The number of ether oxygens (including phenoxy) is 1. The van der Waals surface area contributed by atoms with E-state index in [9.17, 15) is 9.59 Å². The van der Waals surface area contributed by atoms with Gasteiger partial charge in [-0.1, -0.05) is 30.3 Å². The number of aryl methyl sites for hydroxylation is 2. The van der Waals surface area contributed by atoms with Crippen LogP contribution in [0.2, 0.25) is 0 Å². The van der Waals surface area contributed by atoms with Gasteiger partial charge in [0.05, 0.1) is 11.8 Å². The van der Waals surface area contributed by atoms with Gasteiger partial charge in [0.25, 0.3) is 5.91 Å². The number of carboxylic acid groups (broad SMARTS) is 1. The fourth-order valence-electron chi connectivity index (χ4n) is 2.02. The van der Waals surface area contributed by atoms with Crippen LogP contribution in [0.4, 0.5) is 0 Å². The third-order valence-corrected chi connectivity index (χ3v) is 3.29. The van der Waals surface area contributed by atoms with Crippen LogP contribution in [0.25, 0.3) is 0 Å². The molecular formula is C18H18N2O4. The Morgan fingerprint density at radius 2 is 1.96 bits per heavy atom. The minimum atomic E-state index is -1.05. The van der Waals surface area contributed by atoms with Gasteiger partial charge in [-0.2, -0.15) is 5.10 Å². The first kappa shape index (κ1) is 17.2. The lowest BCUT2D eigenvalue weighted by Crippen LogP contribution is -2.24. The molecule has 24 heavy (non-hydrogen) atoms. The highest BCUT2D eigenvalue weighted by atomic mass is 16.5. The molecule has 2 N–H and O–H groups in total. The van der Waals surface area contributed by atoms with Crippen molar-refractivity contribution in [2.45, 2.75) is 13.8 Å². The smallest absolute Gasteiger partial charge is 0.336 e. The zero-order valence-electron chi connectivity index (χ0n) is 13.4. The Labute approximate surface area is 139 Å². The van der Waals surface area contributed by atoms with Gasteiger partial charge in [-0.15, -0.1) is 0 Å². The second-order valence-corrected chi connectivity index (χ2v) is 5.24. The van der Waals surface area contributed by atoms with Crippen LogP contribution in [0, 0.1) is 13.8 Å². The van der Waals surface area contributed by atoms with E-state index < -0.39 is 11.9 Å². The summed E-state index contributed by atoms with van der Waals surface area (Å²) in [5, 5.41) is 12.8. The first-order valence-electron chi connectivity index (χ1n) is 7.31. The molecule has 0 heterocycles. The molecule has 0 aliphatic heterocycles. The predicted molar refractivity (Wildman–Crippen MR) is 90.5 cm³/mol. The number of benzene rings is 2. The summed E-state index contributed by atoms with van der Waals surface area (Å²) in [5.41, 5.74) is 4.81. The third kappa shape index (κ3) is 4.67. The predicted octanol–water partition coefficient (Wildman–Crippen LogP) is 2.53. The van der Waals surface area contributed by atoms with Crippen molar-refractivity contribution >= 4 is 18.1 Å². The zero-order chi connectivity index (χ0) is 17.5. The molecule has 124 valence electrons. The summed E-state index contributed by atoms with van der Waals surface area (Å²) in [6, 6.07) is 12.1. The Hall–Kier alpha value is -3.15. The summed E-state index contributed by atoms with van der Waals surface area (Å²) < 4.78 is 5.46. The van der Waals surface area contributed by atoms with Crippen molar-refractivity contribution in [2.24, 2.45) is 5.10 Å². The van der Waals surface area contributed by atoms with Gasteiger partial charge in [-0.05, 0) is 37.1 Å². The topological polar surface area (TPSA) is 88.0 Å². The van der Waals surface area contributed by atoms with E-state index in [-0.39, 0.29) is 12.2 Å². The molecule has 0 saturated heterocycles. The summed E-state index contributed by atoms with van der Waals surface area (Å²) in [4.78, 5) is 22.8. The molecule has 0 aromatic heterocycles. The van der Waals surface area contributed by atoms with Crippen LogP contribution < -0.4 is 10.2 Å². The van der Waals surface area contributed by atoms with Gasteiger partial charge < -0.3 is 9.84 Å². The summed E-state index contributed by atoms with van der Waals surface area (Å²) in [7, 11) is 0. The fraction of sp³-hybridized carbons (Fsp3) is 0.167. The fourth-order valence-corrected chi connectivity index (χ4v) is 2.02. The van der Waals surface area contributed by atoms with Crippen LogP contribution in [-0.2, 0) is 4.79 Å². The SMILES string of the molecule is Cc1ccc(C)c(OCC(=O)N/N=C\c2ccccc2C(=O)O)c1. The normalized spacial score (nSPS) is 10.6. The van der Waals surface area contributed by atoms with Crippen molar-refractivity contribution < 1.29 is 19.4 Å². The van der Waals surface area contributed by atoms with Crippen LogP contribution in [0.15, 0.2) is 47.6 Å². The number of hydrogen-bond acceptors (Lipinski definition) is 4. The van der Waals surface area contributed by atoms with Gasteiger partial charge in [0.15, 0.2) is 6.61 Å². The van der Waals surface area contributed by atoms with E-state index in [1.807, 2.05) is 32.0 Å². The van der Waals surface area contributed by atoms with E-state index in [1.54, 1.807) is 18.2 Å². The largest absolute Gasteiger partial charge is 0.483 e. The Balaban J connectivity index is 1.92. The van der Waals surface area contributed by atoms with Crippen molar-refractivity contribution in [3.63, 3.8) is 0 Å². The van der Waals surface area contributed by atoms with Crippen molar-refractivity contribution in [3.05, 3.63) is 64.7 Å². The highest BCUT2D eigenvalue weighted by Gasteiger charge is 2.07. The van der Waals surface area contributed by atoms with E-state index in [1.165, 1.54) is 12.3 Å². The minimum Gasteiger partial charge on any atom is -0.483 e. The van der Waals surface area contributed by atoms with E-state index in [4.69, 9.17) is 9.84 Å². The lowest BCUT2D eigenvalue weighted by Gasteiger charge is -2.08. The summed E-state index contributed by atoms with van der Waals surface area (Å²) in [5.74, 6) is -0.841. The van der Waals surface area contributed by atoms with Gasteiger partial charge in [0.1, 0.15) is 5.75 Å². The summed E-state index contributed by atoms with van der Waals surface area (Å²) in [6.45, 7) is 3.66. The molecule has 0 unspecified atom stereocenters. The maximum atomic E-state index is 11.8. The van der Waals surface area contributed by atoms with Crippen molar-refractivity contribution in [1.29, 1.82) is 0 Å². The first-order chi connectivity index (χ1) is 11.5. The van der Waals surface area contributed by atoms with Gasteiger partial charge in [-0.3, -0.25) is 4.79 Å². The second-order valence-electron chi connectivity index (χ2n) is 5.24. The van der Waals surface area contributed by atoms with Crippen molar-refractivity contribution in [3.8, 4) is 5.75 Å². The molecule has 1 amide bonds. The van der Waals surface area contributed by atoms with E-state index in [0.717, 1.165) is 11.1 Å². The molecular weight excluding hydrogens is 308 g/mol. The molecule has 2 aromatic carbocycles. The third-order valence-electron chi connectivity index (χ3n) is 3.29. The number of rotatable bonds is 6. The Morgan fingerprint density at radius 1 is 1.21 bits per heavy atom. The molecule has 0 radical (unpaired) electrons. The van der Waals surface area contributed by atoms with Gasteiger partial charge >= 0.3 is 5.97 Å². The highest BCUT2D eigenvalue weighted by Crippen LogP contribution is 2.18. The monoisotopic (exact) mass is 326 g/mol. The van der Waals surface area contributed by atoms with Crippen molar-refractivity contribution in [1.82, 2.24) is 5.43 Å².